The smallest absolute Gasteiger partial charge is 0.343 e. The van der Waals surface area contributed by atoms with Gasteiger partial charge in [0.1, 0.15) is 5.75 Å². The molecule has 0 heterocycles. The van der Waals surface area contributed by atoms with Crippen LogP contribution in [0.3, 0.4) is 0 Å². The summed E-state index contributed by atoms with van der Waals surface area (Å²) >= 11 is 0. The van der Waals surface area contributed by atoms with Gasteiger partial charge in [-0.3, -0.25) is 4.79 Å². The molecule has 3 heteroatoms. The fourth-order valence-corrected chi connectivity index (χ4v) is 2.81. The zero-order chi connectivity index (χ0) is 14.8. The third kappa shape index (κ3) is 2.47. The Labute approximate surface area is 123 Å². The van der Waals surface area contributed by atoms with Crippen LogP contribution in [0.5, 0.6) is 5.75 Å². The first-order valence-electron chi connectivity index (χ1n) is 7.14. The molecule has 0 saturated heterocycles. The number of ether oxygens (including phenoxy) is 1. The van der Waals surface area contributed by atoms with Crippen molar-refractivity contribution in [3.63, 3.8) is 0 Å². The highest BCUT2D eigenvalue weighted by molar-refractivity contribution is 6.02. The van der Waals surface area contributed by atoms with E-state index in [4.69, 9.17) is 4.74 Å². The van der Waals surface area contributed by atoms with E-state index in [2.05, 4.69) is 0 Å². The van der Waals surface area contributed by atoms with Crippen molar-refractivity contribution in [2.24, 2.45) is 0 Å². The average molecular weight is 280 g/mol. The zero-order valence-electron chi connectivity index (χ0n) is 11.8. The summed E-state index contributed by atoms with van der Waals surface area (Å²) in [5.41, 5.74) is 2.09. The van der Waals surface area contributed by atoms with Crippen LogP contribution in [0.15, 0.2) is 48.5 Å². The molecule has 0 aliphatic heterocycles. The molecule has 0 aromatic heterocycles. The number of rotatable bonds is 3. The predicted molar refractivity (Wildman–Crippen MR) is 79.8 cm³/mol. The number of hydrogen-bond donors (Lipinski definition) is 0. The molecule has 0 radical (unpaired) electrons. The van der Waals surface area contributed by atoms with E-state index in [1.165, 1.54) is 0 Å². The highest BCUT2D eigenvalue weighted by atomic mass is 16.5. The lowest BCUT2D eigenvalue weighted by Crippen LogP contribution is -2.10. The second-order valence-corrected chi connectivity index (χ2v) is 5.21. The van der Waals surface area contributed by atoms with Gasteiger partial charge in [-0.05, 0) is 30.5 Å². The highest BCUT2D eigenvalue weighted by Gasteiger charge is 2.31. The number of benzene rings is 2. The molecule has 3 rings (SSSR count). The lowest BCUT2D eigenvalue weighted by Gasteiger charge is -2.13. The van der Waals surface area contributed by atoms with Gasteiger partial charge in [-0.1, -0.05) is 37.3 Å². The van der Waals surface area contributed by atoms with Gasteiger partial charge in [-0.2, -0.15) is 0 Å². The maximum absolute atomic E-state index is 12.2. The fourth-order valence-electron chi connectivity index (χ4n) is 2.81. The first-order chi connectivity index (χ1) is 10.2. The zero-order valence-corrected chi connectivity index (χ0v) is 11.8. The van der Waals surface area contributed by atoms with Gasteiger partial charge in [0.05, 0.1) is 5.56 Å². The summed E-state index contributed by atoms with van der Waals surface area (Å²) in [6, 6.07) is 14.2. The molecule has 0 N–H and O–H groups in total. The van der Waals surface area contributed by atoms with Crippen molar-refractivity contribution < 1.29 is 14.3 Å². The van der Waals surface area contributed by atoms with E-state index in [-0.39, 0.29) is 11.7 Å². The Bertz CT molecular complexity index is 689. The Balaban J connectivity index is 1.94. The topological polar surface area (TPSA) is 43.4 Å². The molecule has 0 amide bonds. The van der Waals surface area contributed by atoms with Crippen molar-refractivity contribution in [1.29, 1.82) is 0 Å². The molecule has 1 aliphatic rings. The first-order valence-corrected chi connectivity index (χ1v) is 7.14. The van der Waals surface area contributed by atoms with Gasteiger partial charge in [0, 0.05) is 17.5 Å². The second kappa shape index (κ2) is 5.52. The van der Waals surface area contributed by atoms with Crippen molar-refractivity contribution >= 4 is 11.8 Å². The van der Waals surface area contributed by atoms with E-state index in [1.807, 2.05) is 19.1 Å². The molecular formula is C18H16O3. The number of esters is 1. The van der Waals surface area contributed by atoms with Crippen molar-refractivity contribution in [3.8, 4) is 5.75 Å². The summed E-state index contributed by atoms with van der Waals surface area (Å²) in [6.07, 6.45) is 1.37. The Morgan fingerprint density at radius 1 is 1.14 bits per heavy atom. The minimum Gasteiger partial charge on any atom is -0.423 e. The van der Waals surface area contributed by atoms with Crippen molar-refractivity contribution in [2.75, 3.05) is 0 Å². The third-order valence-corrected chi connectivity index (χ3v) is 3.91. The van der Waals surface area contributed by atoms with E-state index < -0.39 is 5.97 Å². The van der Waals surface area contributed by atoms with Gasteiger partial charge in [-0.15, -0.1) is 0 Å². The third-order valence-electron chi connectivity index (χ3n) is 3.91. The van der Waals surface area contributed by atoms with E-state index in [0.717, 1.165) is 12.0 Å². The lowest BCUT2D eigenvalue weighted by atomic mass is 9.98. The molecular weight excluding hydrogens is 264 g/mol. The number of Topliss-reactive ketones (excluding diaryl/α,β-unsaturated/α-hetero) is 1. The van der Waals surface area contributed by atoms with Crippen LogP contribution in [0.2, 0.25) is 0 Å². The van der Waals surface area contributed by atoms with Gasteiger partial charge >= 0.3 is 5.97 Å². The summed E-state index contributed by atoms with van der Waals surface area (Å²) < 4.78 is 5.53. The van der Waals surface area contributed by atoms with E-state index >= 15 is 0 Å². The van der Waals surface area contributed by atoms with Gasteiger partial charge in [0.25, 0.3) is 0 Å². The SMILES string of the molecule is CC[C@H]1CC(=O)c2cccc(OC(=O)c3ccccc3)c21. The standard InChI is InChI=1S/C18H16O3/c1-2-12-11-15(19)14-9-6-10-16(17(12)14)21-18(20)13-7-4-3-5-8-13/h3-10,12H,2,11H2,1H3/t12-/m0/s1. The van der Waals surface area contributed by atoms with Crippen molar-refractivity contribution in [2.45, 2.75) is 25.7 Å². The van der Waals surface area contributed by atoms with Crippen LogP contribution in [0.4, 0.5) is 0 Å². The average Bonchev–Trinajstić information content (AvgIpc) is 2.86. The first kappa shape index (κ1) is 13.6. The quantitative estimate of drug-likeness (QED) is 0.630. The summed E-state index contributed by atoms with van der Waals surface area (Å²) in [4.78, 5) is 24.2. The normalized spacial score (nSPS) is 16.6. The van der Waals surface area contributed by atoms with E-state index in [1.54, 1.807) is 36.4 Å². The number of carbonyl (C=O) groups excluding carboxylic acids is 2. The van der Waals surface area contributed by atoms with Crippen LogP contribution >= 0.6 is 0 Å². The summed E-state index contributed by atoms with van der Waals surface area (Å²) in [6.45, 7) is 2.04. The van der Waals surface area contributed by atoms with Gasteiger partial charge in [0.2, 0.25) is 0 Å². The van der Waals surface area contributed by atoms with Crippen LogP contribution in [-0.4, -0.2) is 11.8 Å². The molecule has 21 heavy (non-hydrogen) atoms. The van der Waals surface area contributed by atoms with Crippen molar-refractivity contribution in [3.05, 3.63) is 65.2 Å². The van der Waals surface area contributed by atoms with Crippen molar-refractivity contribution in [1.82, 2.24) is 0 Å². The molecule has 2 aromatic carbocycles. The Hall–Kier alpha value is -2.42. The predicted octanol–water partition coefficient (Wildman–Crippen LogP) is 3.99. The summed E-state index contributed by atoms with van der Waals surface area (Å²) in [5.74, 6) is 0.402. The minimum atomic E-state index is -0.391. The Morgan fingerprint density at radius 3 is 2.62 bits per heavy atom. The minimum absolute atomic E-state index is 0.134. The van der Waals surface area contributed by atoms with Crippen LogP contribution in [0, 0.1) is 0 Å². The van der Waals surface area contributed by atoms with Crippen LogP contribution < -0.4 is 4.74 Å². The number of hydrogen-bond acceptors (Lipinski definition) is 3. The van der Waals surface area contributed by atoms with Gasteiger partial charge in [-0.25, -0.2) is 4.79 Å². The molecule has 0 spiro atoms. The monoisotopic (exact) mass is 280 g/mol. The van der Waals surface area contributed by atoms with Gasteiger partial charge in [0.15, 0.2) is 5.78 Å². The van der Waals surface area contributed by atoms with Crippen LogP contribution in [0.25, 0.3) is 0 Å². The highest BCUT2D eigenvalue weighted by Crippen LogP contribution is 2.41. The maximum Gasteiger partial charge on any atom is 0.343 e. The molecule has 0 bridgehead atoms. The molecule has 2 aromatic rings. The number of ketones is 1. The number of fused-ring (bicyclic) bond motifs is 1. The van der Waals surface area contributed by atoms with E-state index in [0.29, 0.717) is 23.3 Å². The molecule has 0 saturated carbocycles. The van der Waals surface area contributed by atoms with Crippen LogP contribution in [0.1, 0.15) is 52.0 Å². The summed E-state index contributed by atoms with van der Waals surface area (Å²) in [7, 11) is 0. The molecule has 1 aliphatic carbocycles. The molecule has 3 nitrogen and oxygen atoms in total. The lowest BCUT2D eigenvalue weighted by molar-refractivity contribution is 0.0732. The molecule has 0 fully saturated rings. The maximum atomic E-state index is 12.2. The molecule has 1 atom stereocenters. The molecule has 0 unspecified atom stereocenters. The Kier molecular flexibility index (Phi) is 3.57. The Morgan fingerprint density at radius 2 is 1.90 bits per heavy atom. The van der Waals surface area contributed by atoms with E-state index in [9.17, 15) is 9.59 Å². The fraction of sp³-hybridized carbons (Fsp3) is 0.222. The number of carbonyl (C=O) groups is 2. The largest absolute Gasteiger partial charge is 0.423 e. The molecule has 106 valence electrons. The van der Waals surface area contributed by atoms with Crippen LogP contribution in [-0.2, 0) is 0 Å². The summed E-state index contributed by atoms with van der Waals surface area (Å²) in [5, 5.41) is 0. The second-order valence-electron chi connectivity index (χ2n) is 5.21. The van der Waals surface area contributed by atoms with Gasteiger partial charge < -0.3 is 4.74 Å².